The Morgan fingerprint density at radius 3 is 2.84 bits per heavy atom. The van der Waals surface area contributed by atoms with E-state index in [-0.39, 0.29) is 5.97 Å². The van der Waals surface area contributed by atoms with Crippen molar-refractivity contribution >= 4 is 40.6 Å². The lowest BCUT2D eigenvalue weighted by Crippen LogP contribution is -2.16. The number of ether oxygens (including phenoxy) is 1. The molecule has 0 saturated carbocycles. The van der Waals surface area contributed by atoms with E-state index in [0.717, 1.165) is 21.9 Å². The summed E-state index contributed by atoms with van der Waals surface area (Å²) in [7, 11) is 1.38. The fourth-order valence-corrected chi connectivity index (χ4v) is 2.74. The Bertz CT molecular complexity index is 464. The van der Waals surface area contributed by atoms with E-state index in [4.69, 9.17) is 18.0 Å². The zero-order valence-electron chi connectivity index (χ0n) is 11.1. The van der Waals surface area contributed by atoms with Crippen LogP contribution in [0.25, 0.3) is 0 Å². The van der Waals surface area contributed by atoms with Gasteiger partial charge >= 0.3 is 5.97 Å². The summed E-state index contributed by atoms with van der Waals surface area (Å²) in [6.45, 7) is 2.56. The molecule has 0 unspecified atom stereocenters. The topological polar surface area (TPSA) is 64.3 Å². The van der Waals surface area contributed by atoms with Crippen LogP contribution in [0.1, 0.15) is 18.9 Å². The smallest absolute Gasteiger partial charge is 0.307 e. The van der Waals surface area contributed by atoms with Crippen LogP contribution in [0.4, 0.5) is 5.69 Å². The highest BCUT2D eigenvalue weighted by molar-refractivity contribution is 7.99. The fraction of sp³-hybridized carbons (Fsp3) is 0.385. The molecule has 0 atom stereocenters. The van der Waals surface area contributed by atoms with Gasteiger partial charge < -0.3 is 15.8 Å². The van der Waals surface area contributed by atoms with Gasteiger partial charge in [-0.1, -0.05) is 25.2 Å². The summed E-state index contributed by atoms with van der Waals surface area (Å²) in [5.74, 6) is 0.699. The zero-order valence-corrected chi connectivity index (χ0v) is 12.7. The number of carbonyl (C=O) groups is 1. The fourth-order valence-electron chi connectivity index (χ4n) is 1.61. The van der Waals surface area contributed by atoms with Crippen molar-refractivity contribution in [3.63, 3.8) is 0 Å². The number of nitrogens with two attached hydrogens (primary N) is 1. The lowest BCUT2D eigenvalue weighted by molar-refractivity contribution is -0.140. The summed E-state index contributed by atoms with van der Waals surface area (Å²) in [6.07, 6.45) is 0.304. The molecule has 3 N–H and O–H groups in total. The average Bonchev–Trinajstić information content (AvgIpc) is 2.38. The predicted octanol–water partition coefficient (Wildman–Crippen LogP) is 2.41. The highest BCUT2D eigenvalue weighted by atomic mass is 32.2. The quantitative estimate of drug-likeness (QED) is 0.458. The number of thiocarbonyl (C=S) groups is 1. The molecule has 1 rings (SSSR count). The van der Waals surface area contributed by atoms with Crippen molar-refractivity contribution in [1.82, 2.24) is 0 Å². The van der Waals surface area contributed by atoms with Gasteiger partial charge in [0.1, 0.15) is 4.99 Å². The zero-order chi connectivity index (χ0) is 14.3. The standard InChI is InChI=1S/C13H18N2O2S2/c1-3-19-10-6-4-5-9(12(10)13(14)18)15-8-7-11(16)17-2/h4-6,15H,3,7-8H2,1-2H3,(H2,14,18). The number of hydrogen-bond donors (Lipinski definition) is 2. The third-order valence-corrected chi connectivity index (χ3v) is 3.59. The van der Waals surface area contributed by atoms with E-state index in [1.165, 1.54) is 7.11 Å². The van der Waals surface area contributed by atoms with Crippen LogP contribution in [0.15, 0.2) is 23.1 Å². The second kappa shape index (κ2) is 8.01. The van der Waals surface area contributed by atoms with Gasteiger partial charge in [-0.25, -0.2) is 0 Å². The van der Waals surface area contributed by atoms with Gasteiger partial charge in [-0.3, -0.25) is 4.79 Å². The first-order valence-electron chi connectivity index (χ1n) is 5.96. The van der Waals surface area contributed by atoms with Crippen LogP contribution in [0.2, 0.25) is 0 Å². The van der Waals surface area contributed by atoms with Crippen LogP contribution in [0.3, 0.4) is 0 Å². The summed E-state index contributed by atoms with van der Waals surface area (Å²) in [4.78, 5) is 12.5. The SMILES string of the molecule is CCSc1cccc(NCCC(=O)OC)c1C(N)=S. The molecule has 0 aliphatic heterocycles. The van der Waals surface area contributed by atoms with E-state index in [1.807, 2.05) is 18.2 Å². The van der Waals surface area contributed by atoms with Crippen LogP contribution in [0, 0.1) is 0 Å². The minimum absolute atomic E-state index is 0.247. The summed E-state index contributed by atoms with van der Waals surface area (Å²) in [6, 6.07) is 5.85. The van der Waals surface area contributed by atoms with Crippen molar-refractivity contribution in [3.8, 4) is 0 Å². The summed E-state index contributed by atoms with van der Waals surface area (Å²) >= 11 is 6.80. The Morgan fingerprint density at radius 2 is 2.26 bits per heavy atom. The summed E-state index contributed by atoms with van der Waals surface area (Å²) < 4.78 is 4.59. The molecule has 6 heteroatoms. The molecule has 0 bridgehead atoms. The average molecular weight is 298 g/mol. The van der Waals surface area contributed by atoms with Gasteiger partial charge in [0.2, 0.25) is 0 Å². The Balaban J connectivity index is 2.84. The lowest BCUT2D eigenvalue weighted by atomic mass is 10.1. The molecule has 0 aromatic heterocycles. The first-order chi connectivity index (χ1) is 9.10. The van der Waals surface area contributed by atoms with Crippen LogP contribution in [-0.2, 0) is 9.53 Å². The molecule has 0 spiro atoms. The molecular weight excluding hydrogens is 280 g/mol. The second-order valence-electron chi connectivity index (χ2n) is 3.73. The Labute approximate surface area is 123 Å². The molecule has 0 aliphatic carbocycles. The van der Waals surface area contributed by atoms with E-state index in [2.05, 4.69) is 17.0 Å². The third-order valence-electron chi connectivity index (χ3n) is 2.44. The summed E-state index contributed by atoms with van der Waals surface area (Å²) in [5.41, 5.74) is 7.49. The van der Waals surface area contributed by atoms with E-state index in [9.17, 15) is 4.79 Å². The summed E-state index contributed by atoms with van der Waals surface area (Å²) in [5, 5.41) is 3.18. The molecule has 0 amide bonds. The molecule has 1 aromatic rings. The van der Waals surface area contributed by atoms with Gasteiger partial charge in [-0.15, -0.1) is 11.8 Å². The van der Waals surface area contributed by atoms with Crippen molar-refractivity contribution in [3.05, 3.63) is 23.8 Å². The number of nitrogens with one attached hydrogen (secondary N) is 1. The molecule has 0 fully saturated rings. The maximum Gasteiger partial charge on any atom is 0.307 e. The number of hydrogen-bond acceptors (Lipinski definition) is 5. The van der Waals surface area contributed by atoms with Crippen molar-refractivity contribution in [2.75, 3.05) is 24.7 Å². The monoisotopic (exact) mass is 298 g/mol. The predicted molar refractivity (Wildman–Crippen MR) is 83.9 cm³/mol. The van der Waals surface area contributed by atoms with E-state index < -0.39 is 0 Å². The number of methoxy groups -OCH3 is 1. The molecule has 104 valence electrons. The van der Waals surface area contributed by atoms with Crippen LogP contribution >= 0.6 is 24.0 Å². The van der Waals surface area contributed by atoms with Crippen LogP contribution in [-0.4, -0.2) is 30.4 Å². The molecule has 4 nitrogen and oxygen atoms in total. The number of esters is 1. The molecule has 0 saturated heterocycles. The number of rotatable bonds is 7. The number of carbonyl (C=O) groups excluding carboxylic acids is 1. The van der Waals surface area contributed by atoms with Crippen LogP contribution < -0.4 is 11.1 Å². The van der Waals surface area contributed by atoms with Crippen LogP contribution in [0.5, 0.6) is 0 Å². The molecule has 0 aliphatic rings. The maximum atomic E-state index is 11.1. The Hall–Kier alpha value is -1.27. The highest BCUT2D eigenvalue weighted by Gasteiger charge is 2.11. The van der Waals surface area contributed by atoms with Gasteiger partial charge in [0.05, 0.1) is 13.5 Å². The first kappa shape index (κ1) is 15.8. The number of benzene rings is 1. The number of anilines is 1. The lowest BCUT2D eigenvalue weighted by Gasteiger charge is -2.14. The normalized spacial score (nSPS) is 10.0. The van der Waals surface area contributed by atoms with Crippen molar-refractivity contribution < 1.29 is 9.53 Å². The van der Waals surface area contributed by atoms with Crippen molar-refractivity contribution in [2.24, 2.45) is 5.73 Å². The van der Waals surface area contributed by atoms with E-state index >= 15 is 0 Å². The van der Waals surface area contributed by atoms with Gasteiger partial charge in [-0.2, -0.15) is 0 Å². The Kier molecular flexibility index (Phi) is 6.66. The first-order valence-corrected chi connectivity index (χ1v) is 7.35. The van der Waals surface area contributed by atoms with Gasteiger partial charge in [0.15, 0.2) is 0 Å². The van der Waals surface area contributed by atoms with Gasteiger partial charge in [0.25, 0.3) is 0 Å². The molecule has 0 heterocycles. The molecule has 1 aromatic carbocycles. The van der Waals surface area contributed by atoms with Gasteiger partial charge in [-0.05, 0) is 17.9 Å². The van der Waals surface area contributed by atoms with Gasteiger partial charge in [0, 0.05) is 22.7 Å². The van der Waals surface area contributed by atoms with Crippen molar-refractivity contribution in [1.29, 1.82) is 0 Å². The second-order valence-corrected chi connectivity index (χ2v) is 5.47. The minimum Gasteiger partial charge on any atom is -0.469 e. The largest absolute Gasteiger partial charge is 0.469 e. The molecular formula is C13H18N2O2S2. The molecule has 0 radical (unpaired) electrons. The van der Waals surface area contributed by atoms with E-state index in [1.54, 1.807) is 11.8 Å². The molecule has 19 heavy (non-hydrogen) atoms. The van der Waals surface area contributed by atoms with Crippen molar-refractivity contribution in [2.45, 2.75) is 18.2 Å². The maximum absolute atomic E-state index is 11.1. The third kappa shape index (κ3) is 4.72. The highest BCUT2D eigenvalue weighted by Crippen LogP contribution is 2.28. The number of thioether (sulfide) groups is 1. The van der Waals surface area contributed by atoms with E-state index in [0.29, 0.717) is 18.0 Å². The Morgan fingerprint density at radius 1 is 1.53 bits per heavy atom. The minimum atomic E-state index is -0.247.